The molecule has 0 bridgehead atoms. The van der Waals surface area contributed by atoms with Crippen LogP contribution < -0.4 is 16.3 Å². The predicted octanol–water partition coefficient (Wildman–Crippen LogP) is 2.96. The van der Waals surface area contributed by atoms with Gasteiger partial charge in [0.1, 0.15) is 5.54 Å². The van der Waals surface area contributed by atoms with Gasteiger partial charge in [-0.2, -0.15) is 5.01 Å². The molecule has 34 heavy (non-hydrogen) atoms. The van der Waals surface area contributed by atoms with Crippen LogP contribution in [0, 0.1) is 0 Å². The van der Waals surface area contributed by atoms with E-state index >= 15 is 0 Å². The van der Waals surface area contributed by atoms with Crippen LogP contribution in [0.4, 0.5) is 4.79 Å². The number of carbonyl (C=O) groups is 3. The number of carbonyl (C=O) groups excluding carboxylic acids is 3. The maximum atomic E-state index is 13.2. The average molecular weight is 480 g/mol. The first-order valence-corrected chi connectivity index (χ1v) is 11.9. The smallest absolute Gasteiger partial charge is 0.318 e. The lowest BCUT2D eigenvalue weighted by Gasteiger charge is -2.25. The molecule has 10 heteroatoms. The van der Waals surface area contributed by atoms with Crippen molar-refractivity contribution in [1.29, 1.82) is 0 Å². The number of fused-ring (bicyclic) bond motifs is 1. The predicted molar refractivity (Wildman–Crippen MR) is 129 cm³/mol. The number of thioether (sulfide) groups is 1. The lowest BCUT2D eigenvalue weighted by atomic mass is 9.87. The Morgan fingerprint density at radius 2 is 1.76 bits per heavy atom. The molecule has 0 radical (unpaired) electrons. The summed E-state index contributed by atoms with van der Waals surface area (Å²) >= 11 is 1.07. The lowest BCUT2D eigenvalue weighted by molar-refractivity contribution is -0.138. The molecule has 0 unspecified atom stereocenters. The molecule has 1 aliphatic heterocycles. The van der Waals surface area contributed by atoms with E-state index in [9.17, 15) is 19.2 Å². The third-order valence-corrected chi connectivity index (χ3v) is 6.70. The van der Waals surface area contributed by atoms with Crippen LogP contribution in [0.3, 0.4) is 0 Å². The number of rotatable bonds is 7. The van der Waals surface area contributed by atoms with Gasteiger partial charge >= 0.3 is 6.03 Å². The Balaban J connectivity index is 1.52. The van der Waals surface area contributed by atoms with Crippen molar-refractivity contribution >= 4 is 40.5 Å². The Morgan fingerprint density at radius 3 is 2.44 bits per heavy atom. The number of para-hydroxylation sites is 1. The van der Waals surface area contributed by atoms with Gasteiger partial charge in [-0.15, -0.1) is 0 Å². The highest BCUT2D eigenvalue weighted by Gasteiger charge is 2.52. The molecule has 3 aromatic rings. The second-order valence-corrected chi connectivity index (χ2v) is 9.14. The number of nitrogens with one attached hydrogen (secondary N) is 2. The van der Waals surface area contributed by atoms with Crippen molar-refractivity contribution in [3.63, 3.8) is 0 Å². The molecule has 2 aromatic carbocycles. The van der Waals surface area contributed by atoms with Gasteiger partial charge in [0, 0.05) is 6.04 Å². The monoisotopic (exact) mass is 479 g/mol. The number of imide groups is 1. The first-order valence-electron chi connectivity index (χ1n) is 10.9. The summed E-state index contributed by atoms with van der Waals surface area (Å²) in [5, 5.41) is 4.34. The molecule has 176 valence electrons. The van der Waals surface area contributed by atoms with E-state index in [1.807, 2.05) is 19.9 Å². The zero-order valence-corrected chi connectivity index (χ0v) is 19.9. The molecule has 2 N–H and O–H groups in total. The SMILES string of the molecule is CC[C@]1(c2ccccc2)NC(=O)N(NC(=O)CSc2nc3ccccc3c(=O)n2C(C)C)C1=O. The van der Waals surface area contributed by atoms with Crippen molar-refractivity contribution < 1.29 is 14.4 Å². The summed E-state index contributed by atoms with van der Waals surface area (Å²) in [6.07, 6.45) is 0.324. The van der Waals surface area contributed by atoms with Gasteiger partial charge in [-0.05, 0) is 38.0 Å². The van der Waals surface area contributed by atoms with Crippen molar-refractivity contribution in [2.75, 3.05) is 5.75 Å². The van der Waals surface area contributed by atoms with Crippen LogP contribution >= 0.6 is 11.8 Å². The van der Waals surface area contributed by atoms with Gasteiger partial charge in [-0.25, -0.2) is 9.78 Å². The van der Waals surface area contributed by atoms with Gasteiger partial charge in [0.25, 0.3) is 11.5 Å². The Hall–Kier alpha value is -3.66. The molecular weight excluding hydrogens is 454 g/mol. The largest absolute Gasteiger partial charge is 0.344 e. The first kappa shape index (κ1) is 23.5. The molecule has 1 fully saturated rings. The van der Waals surface area contributed by atoms with Gasteiger partial charge in [0.05, 0.1) is 16.7 Å². The number of hydrogen-bond acceptors (Lipinski definition) is 6. The van der Waals surface area contributed by atoms with Gasteiger partial charge in [0.15, 0.2) is 5.16 Å². The number of urea groups is 1. The fourth-order valence-corrected chi connectivity index (χ4v) is 4.93. The van der Waals surface area contributed by atoms with Crippen molar-refractivity contribution in [2.45, 2.75) is 43.9 Å². The molecule has 1 saturated heterocycles. The van der Waals surface area contributed by atoms with Crippen LogP contribution in [0.15, 0.2) is 64.5 Å². The van der Waals surface area contributed by atoms with E-state index in [1.165, 1.54) is 4.57 Å². The van der Waals surface area contributed by atoms with E-state index in [-0.39, 0.29) is 17.4 Å². The van der Waals surface area contributed by atoms with E-state index in [4.69, 9.17) is 0 Å². The minimum atomic E-state index is -1.24. The molecule has 0 aliphatic carbocycles. The van der Waals surface area contributed by atoms with Crippen LogP contribution in [-0.4, -0.2) is 38.2 Å². The highest BCUT2D eigenvalue weighted by molar-refractivity contribution is 7.99. The third-order valence-electron chi connectivity index (χ3n) is 5.75. The fourth-order valence-electron chi connectivity index (χ4n) is 4.01. The summed E-state index contributed by atoms with van der Waals surface area (Å²) in [6.45, 7) is 5.52. The Labute approximate surface area is 200 Å². The second kappa shape index (κ2) is 9.30. The molecule has 0 spiro atoms. The molecular formula is C24H25N5O4S. The maximum absolute atomic E-state index is 13.2. The quantitative estimate of drug-likeness (QED) is 0.306. The minimum Gasteiger partial charge on any atom is -0.318 e. The van der Waals surface area contributed by atoms with Crippen LogP contribution in [-0.2, 0) is 15.1 Å². The zero-order chi connectivity index (χ0) is 24.5. The summed E-state index contributed by atoms with van der Waals surface area (Å²) in [5.74, 6) is -1.25. The highest BCUT2D eigenvalue weighted by Crippen LogP contribution is 2.31. The van der Waals surface area contributed by atoms with Crippen molar-refractivity contribution in [2.24, 2.45) is 0 Å². The molecule has 1 aromatic heterocycles. The average Bonchev–Trinajstić information content (AvgIpc) is 3.08. The summed E-state index contributed by atoms with van der Waals surface area (Å²) in [4.78, 5) is 56.0. The van der Waals surface area contributed by atoms with Crippen LogP contribution in [0.5, 0.6) is 0 Å². The van der Waals surface area contributed by atoms with Crippen LogP contribution in [0.1, 0.15) is 38.8 Å². The van der Waals surface area contributed by atoms with Gasteiger partial charge < -0.3 is 5.32 Å². The Bertz CT molecular complexity index is 1320. The Kier molecular flexibility index (Phi) is 6.43. The van der Waals surface area contributed by atoms with Gasteiger partial charge in [-0.3, -0.25) is 24.4 Å². The third kappa shape index (κ3) is 4.05. The molecule has 1 aliphatic rings. The molecule has 4 rings (SSSR count). The molecule has 2 heterocycles. The normalized spacial score (nSPS) is 17.9. The number of hydrazine groups is 1. The summed E-state index contributed by atoms with van der Waals surface area (Å²) < 4.78 is 1.53. The fraction of sp³-hybridized carbons (Fsp3) is 0.292. The second-order valence-electron chi connectivity index (χ2n) is 8.20. The molecule has 9 nitrogen and oxygen atoms in total. The van der Waals surface area contributed by atoms with E-state index in [1.54, 1.807) is 55.5 Å². The van der Waals surface area contributed by atoms with Crippen molar-refractivity contribution in [1.82, 2.24) is 25.3 Å². The van der Waals surface area contributed by atoms with Crippen LogP contribution in [0.2, 0.25) is 0 Å². The van der Waals surface area contributed by atoms with E-state index < -0.39 is 23.4 Å². The van der Waals surface area contributed by atoms with E-state index in [0.29, 0.717) is 28.0 Å². The molecule has 4 amide bonds. The van der Waals surface area contributed by atoms with Gasteiger partial charge in [-0.1, -0.05) is 61.2 Å². The minimum absolute atomic E-state index is 0.140. The van der Waals surface area contributed by atoms with Crippen molar-refractivity contribution in [3.05, 3.63) is 70.5 Å². The molecule has 1 atom stereocenters. The van der Waals surface area contributed by atoms with Crippen molar-refractivity contribution in [3.8, 4) is 0 Å². The topological polar surface area (TPSA) is 113 Å². The van der Waals surface area contributed by atoms with E-state index in [2.05, 4.69) is 15.7 Å². The van der Waals surface area contributed by atoms with E-state index in [0.717, 1.165) is 16.8 Å². The van der Waals surface area contributed by atoms with Gasteiger partial charge in [0.2, 0.25) is 5.91 Å². The standard InChI is InChI=1S/C24H25N5O4S/c1-4-24(16-10-6-5-7-11-16)21(32)29(22(33)26-24)27-19(30)14-34-23-25-18-13-9-8-12-17(18)20(31)28(23)15(2)3/h5-13,15H,4,14H2,1-3H3,(H,26,33)(H,27,30)/t24-/m1/s1. The zero-order valence-electron chi connectivity index (χ0n) is 19.1. The summed E-state index contributed by atoms with van der Waals surface area (Å²) in [7, 11) is 0. The Morgan fingerprint density at radius 1 is 1.09 bits per heavy atom. The number of aromatic nitrogens is 2. The number of benzene rings is 2. The molecule has 0 saturated carbocycles. The first-order chi connectivity index (χ1) is 16.3. The number of nitrogens with zero attached hydrogens (tertiary/aromatic N) is 3. The summed E-state index contributed by atoms with van der Waals surface area (Å²) in [5.41, 5.74) is 2.16. The lowest BCUT2D eigenvalue weighted by Crippen LogP contribution is -2.49. The van der Waals surface area contributed by atoms with Crippen LogP contribution in [0.25, 0.3) is 10.9 Å². The maximum Gasteiger partial charge on any atom is 0.344 e. The number of hydrogen-bond donors (Lipinski definition) is 2. The number of amides is 4. The summed E-state index contributed by atoms with van der Waals surface area (Å²) in [6, 6.07) is 15.1. The highest BCUT2D eigenvalue weighted by atomic mass is 32.2.